The molecule has 2 fully saturated rings. The summed E-state index contributed by atoms with van der Waals surface area (Å²) in [5.74, 6) is 1.34. The average Bonchev–Trinajstić information content (AvgIpc) is 3.47. The number of carbonyl (C=O) groups excluding carboxylic acids is 1. The number of anilines is 1. The molecule has 9 nitrogen and oxygen atoms in total. The minimum atomic E-state index is -0.653. The van der Waals surface area contributed by atoms with Gasteiger partial charge in [-0.2, -0.15) is 5.26 Å². The molecule has 1 atom stereocenters. The summed E-state index contributed by atoms with van der Waals surface area (Å²) in [6, 6.07) is 6.37. The van der Waals surface area contributed by atoms with E-state index in [4.69, 9.17) is 20.2 Å². The Labute approximate surface area is 189 Å². The molecule has 1 aliphatic carbocycles. The molecule has 3 rings (SSSR count). The van der Waals surface area contributed by atoms with Crippen LogP contribution in [0.4, 0.5) is 16.4 Å². The molecule has 2 heterocycles. The van der Waals surface area contributed by atoms with E-state index >= 15 is 0 Å². The number of aromatic nitrogens is 1. The number of amidine groups is 1. The van der Waals surface area contributed by atoms with Crippen molar-refractivity contribution in [2.45, 2.75) is 64.5 Å². The van der Waals surface area contributed by atoms with Gasteiger partial charge in [0.05, 0.1) is 30.7 Å². The van der Waals surface area contributed by atoms with Crippen molar-refractivity contribution in [3.8, 4) is 6.07 Å². The molecule has 3 N–H and O–H groups in total. The standard InChI is InChI=1S/C23H32N6O3/c1-15(25)10-18(28-21(30)32-22(3,4)5)26-19-11-17(23(14-24)6-7-23)12-20(27-19)29-8-9-31-13-16(29)2/h10-12,16H,6-9,13,25H2,1-5H3,(H,26,27,28,30). The van der Waals surface area contributed by atoms with E-state index in [0.717, 1.165) is 24.2 Å². The van der Waals surface area contributed by atoms with Gasteiger partial charge in [0.15, 0.2) is 5.82 Å². The third-order valence-corrected chi connectivity index (χ3v) is 5.21. The van der Waals surface area contributed by atoms with Gasteiger partial charge in [-0.3, -0.25) is 5.32 Å². The van der Waals surface area contributed by atoms with Crippen LogP contribution in [0.25, 0.3) is 0 Å². The average molecular weight is 441 g/mol. The van der Waals surface area contributed by atoms with Gasteiger partial charge in [-0.05, 0) is 71.2 Å². The fourth-order valence-corrected chi connectivity index (χ4v) is 3.48. The van der Waals surface area contributed by atoms with Crippen LogP contribution in [0.2, 0.25) is 0 Å². The molecule has 2 aliphatic rings. The number of nitrogens with two attached hydrogens (primary N) is 1. The summed E-state index contributed by atoms with van der Waals surface area (Å²) in [4.78, 5) is 23.7. The Balaban J connectivity index is 2.01. The Morgan fingerprint density at radius 2 is 2.19 bits per heavy atom. The number of carbonyl (C=O) groups is 1. The maximum atomic E-state index is 12.3. The Hall–Kier alpha value is -3.12. The molecule has 172 valence electrons. The molecule has 1 unspecified atom stereocenters. The number of morpholine rings is 1. The zero-order valence-electron chi connectivity index (χ0n) is 19.4. The van der Waals surface area contributed by atoms with Crippen LogP contribution in [-0.4, -0.2) is 48.3 Å². The topological polar surface area (TPSA) is 126 Å². The number of pyridine rings is 1. The van der Waals surface area contributed by atoms with E-state index < -0.39 is 17.1 Å². The van der Waals surface area contributed by atoms with E-state index in [2.05, 4.69) is 28.2 Å². The molecule has 1 saturated carbocycles. The number of aliphatic imine (C=N–C) groups is 1. The number of rotatable bonds is 4. The lowest BCUT2D eigenvalue weighted by molar-refractivity contribution is 0.0563. The van der Waals surface area contributed by atoms with E-state index in [1.807, 2.05) is 6.07 Å². The van der Waals surface area contributed by atoms with Crippen LogP contribution in [0, 0.1) is 11.3 Å². The minimum absolute atomic E-state index is 0.145. The van der Waals surface area contributed by atoms with Gasteiger partial charge in [0, 0.05) is 12.2 Å². The maximum Gasteiger partial charge on any atom is 0.413 e. The van der Waals surface area contributed by atoms with Crippen molar-refractivity contribution in [1.82, 2.24) is 10.3 Å². The van der Waals surface area contributed by atoms with Crippen LogP contribution in [-0.2, 0) is 14.9 Å². The maximum absolute atomic E-state index is 12.3. The monoisotopic (exact) mass is 440 g/mol. The van der Waals surface area contributed by atoms with Gasteiger partial charge in [0.2, 0.25) is 0 Å². The third kappa shape index (κ3) is 5.98. The summed E-state index contributed by atoms with van der Waals surface area (Å²) in [5, 5.41) is 12.4. The zero-order chi connectivity index (χ0) is 23.5. The van der Waals surface area contributed by atoms with Crippen LogP contribution >= 0.6 is 0 Å². The highest BCUT2D eigenvalue weighted by molar-refractivity contribution is 6.03. The molecule has 1 aromatic rings. The molecule has 1 saturated heterocycles. The number of amides is 1. The van der Waals surface area contributed by atoms with Gasteiger partial charge in [0.1, 0.15) is 17.3 Å². The lowest BCUT2D eigenvalue weighted by atomic mass is 9.98. The smallest absolute Gasteiger partial charge is 0.413 e. The normalized spacial score (nSPS) is 21.0. The number of nitriles is 1. The molecule has 32 heavy (non-hydrogen) atoms. The highest BCUT2D eigenvalue weighted by Gasteiger charge is 2.45. The summed E-state index contributed by atoms with van der Waals surface area (Å²) in [5.41, 5.74) is 6.04. The second kappa shape index (κ2) is 9.17. The minimum Gasteiger partial charge on any atom is -0.444 e. The van der Waals surface area contributed by atoms with Gasteiger partial charge in [-0.1, -0.05) is 0 Å². The Morgan fingerprint density at radius 1 is 1.47 bits per heavy atom. The lowest BCUT2D eigenvalue weighted by Gasteiger charge is -2.34. The van der Waals surface area contributed by atoms with Gasteiger partial charge in [-0.15, -0.1) is 0 Å². The Bertz CT molecular complexity index is 965. The SMILES string of the molecule is CC(N)=CC(=Nc1cc(C2(C#N)CC2)cc(N2CCOCC2C)n1)NC(=O)OC(C)(C)C. The summed E-state index contributed by atoms with van der Waals surface area (Å²) < 4.78 is 10.9. The number of ether oxygens (including phenoxy) is 2. The Morgan fingerprint density at radius 3 is 2.75 bits per heavy atom. The van der Waals surface area contributed by atoms with Crippen molar-refractivity contribution in [2.24, 2.45) is 10.7 Å². The number of alkyl carbamates (subject to hydrolysis) is 1. The van der Waals surface area contributed by atoms with E-state index in [1.165, 1.54) is 0 Å². The summed E-state index contributed by atoms with van der Waals surface area (Å²) in [6.45, 7) is 11.0. The lowest BCUT2D eigenvalue weighted by Crippen LogP contribution is -2.44. The molecule has 0 spiro atoms. The van der Waals surface area contributed by atoms with Crippen molar-refractivity contribution in [2.75, 3.05) is 24.7 Å². The fraction of sp³-hybridized carbons (Fsp3) is 0.565. The van der Waals surface area contributed by atoms with Crippen molar-refractivity contribution in [1.29, 1.82) is 5.26 Å². The summed E-state index contributed by atoms with van der Waals surface area (Å²) in [7, 11) is 0. The van der Waals surface area contributed by atoms with Crippen LogP contribution < -0.4 is 16.0 Å². The molecule has 0 bridgehead atoms. The molecular weight excluding hydrogens is 408 g/mol. The van der Waals surface area contributed by atoms with Crippen LogP contribution in [0.3, 0.4) is 0 Å². The van der Waals surface area contributed by atoms with Crippen molar-refractivity contribution in [3.05, 3.63) is 29.5 Å². The Kier molecular flexibility index (Phi) is 6.74. The van der Waals surface area contributed by atoms with Gasteiger partial charge < -0.3 is 20.1 Å². The fourth-order valence-electron chi connectivity index (χ4n) is 3.48. The summed E-state index contributed by atoms with van der Waals surface area (Å²) in [6.07, 6.45) is 2.52. The first-order valence-corrected chi connectivity index (χ1v) is 10.8. The van der Waals surface area contributed by atoms with Crippen LogP contribution in [0.5, 0.6) is 0 Å². The van der Waals surface area contributed by atoms with E-state index in [-0.39, 0.29) is 11.9 Å². The molecule has 1 aliphatic heterocycles. The summed E-state index contributed by atoms with van der Waals surface area (Å²) >= 11 is 0. The molecule has 0 radical (unpaired) electrons. The zero-order valence-corrected chi connectivity index (χ0v) is 19.4. The quantitative estimate of drug-likeness (QED) is 0.543. The number of nitrogens with one attached hydrogen (secondary N) is 1. The molecule has 1 aromatic heterocycles. The molecule has 1 amide bonds. The van der Waals surface area contributed by atoms with E-state index in [1.54, 1.807) is 39.8 Å². The van der Waals surface area contributed by atoms with Crippen LogP contribution in [0.15, 0.2) is 28.9 Å². The third-order valence-electron chi connectivity index (χ3n) is 5.21. The molecule has 0 aromatic carbocycles. The first-order valence-electron chi connectivity index (χ1n) is 10.8. The first-order chi connectivity index (χ1) is 15.0. The molecular formula is C23H32N6O3. The largest absolute Gasteiger partial charge is 0.444 e. The van der Waals surface area contributed by atoms with Crippen molar-refractivity contribution in [3.63, 3.8) is 0 Å². The molecule has 9 heteroatoms. The van der Waals surface area contributed by atoms with Gasteiger partial charge in [-0.25, -0.2) is 14.8 Å². The predicted molar refractivity (Wildman–Crippen MR) is 123 cm³/mol. The highest BCUT2D eigenvalue weighted by Crippen LogP contribution is 2.48. The van der Waals surface area contributed by atoms with E-state index in [9.17, 15) is 10.1 Å². The first kappa shape index (κ1) is 23.5. The van der Waals surface area contributed by atoms with Crippen LogP contribution in [0.1, 0.15) is 53.0 Å². The predicted octanol–water partition coefficient (Wildman–Crippen LogP) is 3.28. The number of allylic oxidation sites excluding steroid dienone is 1. The highest BCUT2D eigenvalue weighted by atomic mass is 16.6. The van der Waals surface area contributed by atoms with Crippen molar-refractivity contribution >= 4 is 23.6 Å². The van der Waals surface area contributed by atoms with Gasteiger partial charge >= 0.3 is 6.09 Å². The van der Waals surface area contributed by atoms with Gasteiger partial charge in [0.25, 0.3) is 0 Å². The number of nitrogens with zero attached hydrogens (tertiary/aromatic N) is 4. The second-order valence-corrected chi connectivity index (χ2v) is 9.40. The second-order valence-electron chi connectivity index (χ2n) is 9.40. The van der Waals surface area contributed by atoms with Crippen molar-refractivity contribution < 1.29 is 14.3 Å². The number of hydrogen-bond donors (Lipinski definition) is 2. The van der Waals surface area contributed by atoms with E-state index in [0.29, 0.717) is 31.3 Å². The number of hydrogen-bond acceptors (Lipinski definition) is 8.